The zero-order valence-corrected chi connectivity index (χ0v) is 22.6. The molecule has 6 nitrogen and oxygen atoms in total. The van der Waals surface area contributed by atoms with E-state index in [1.165, 1.54) is 23.0 Å². The zero-order chi connectivity index (χ0) is 27.4. The molecule has 40 heavy (non-hydrogen) atoms. The van der Waals surface area contributed by atoms with E-state index in [1.807, 2.05) is 36.4 Å². The lowest BCUT2D eigenvalue weighted by Crippen LogP contribution is -2.38. The second kappa shape index (κ2) is 9.62. The fourth-order valence-corrected chi connectivity index (χ4v) is 6.80. The number of carboxylic acids is 1. The van der Waals surface area contributed by atoms with E-state index in [9.17, 15) is 14.7 Å². The summed E-state index contributed by atoms with van der Waals surface area (Å²) >= 11 is 8.01. The van der Waals surface area contributed by atoms with E-state index >= 15 is 0 Å². The van der Waals surface area contributed by atoms with Gasteiger partial charge in [-0.05, 0) is 53.8 Å². The molecule has 0 bridgehead atoms. The Morgan fingerprint density at radius 3 is 2.55 bits per heavy atom. The van der Waals surface area contributed by atoms with Crippen LogP contribution in [-0.2, 0) is 6.42 Å². The largest absolute Gasteiger partial charge is 0.478 e. The van der Waals surface area contributed by atoms with Crippen molar-refractivity contribution in [3.63, 3.8) is 0 Å². The van der Waals surface area contributed by atoms with Gasteiger partial charge in [0.2, 0.25) is 0 Å². The minimum Gasteiger partial charge on any atom is -0.478 e. The minimum atomic E-state index is -1.04. The Balaban J connectivity index is 1.41. The van der Waals surface area contributed by atoms with Crippen LogP contribution < -0.4 is 14.9 Å². The van der Waals surface area contributed by atoms with Crippen LogP contribution >= 0.6 is 22.9 Å². The Bertz CT molecular complexity index is 2050. The molecule has 2 aromatic heterocycles. The van der Waals surface area contributed by atoms with Crippen LogP contribution in [0.1, 0.15) is 45.3 Å². The maximum absolute atomic E-state index is 14.0. The van der Waals surface area contributed by atoms with Crippen molar-refractivity contribution in [2.24, 2.45) is 4.99 Å². The van der Waals surface area contributed by atoms with Gasteiger partial charge in [-0.1, -0.05) is 83.6 Å². The normalized spacial score (nSPS) is 16.2. The summed E-state index contributed by atoms with van der Waals surface area (Å²) in [6, 6.07) is 25.7. The van der Waals surface area contributed by atoms with Crippen molar-refractivity contribution in [3.05, 3.63) is 143 Å². The third-order valence-corrected chi connectivity index (χ3v) is 8.72. The Morgan fingerprint density at radius 1 is 0.975 bits per heavy atom. The summed E-state index contributed by atoms with van der Waals surface area (Å²) in [6.07, 6.45) is 3.33. The Hall–Kier alpha value is -4.46. The van der Waals surface area contributed by atoms with E-state index in [-0.39, 0.29) is 17.2 Å². The number of hydrogen-bond acceptors (Lipinski definition) is 5. The van der Waals surface area contributed by atoms with E-state index in [4.69, 9.17) is 21.0 Å². The molecule has 0 radical (unpaired) electrons. The molecule has 0 saturated carbocycles. The van der Waals surface area contributed by atoms with Crippen molar-refractivity contribution in [2.45, 2.75) is 18.9 Å². The summed E-state index contributed by atoms with van der Waals surface area (Å²) in [5.74, 6) is -0.172. The summed E-state index contributed by atoms with van der Waals surface area (Å²) in [5.41, 5.74) is 5.63. The number of thiazole rings is 1. The van der Waals surface area contributed by atoms with E-state index in [0.29, 0.717) is 31.4 Å². The van der Waals surface area contributed by atoms with Gasteiger partial charge in [0.25, 0.3) is 5.56 Å². The third-order valence-electron chi connectivity index (χ3n) is 7.40. The van der Waals surface area contributed by atoms with Gasteiger partial charge in [-0.25, -0.2) is 9.79 Å². The van der Waals surface area contributed by atoms with E-state index < -0.39 is 5.97 Å². The van der Waals surface area contributed by atoms with Crippen LogP contribution in [0.15, 0.2) is 105 Å². The summed E-state index contributed by atoms with van der Waals surface area (Å²) in [4.78, 5) is 31.3. The first-order valence-corrected chi connectivity index (χ1v) is 14.0. The molecular formula is C32H21ClN2O4S. The minimum absolute atomic E-state index is 0.147. The Kier molecular flexibility index (Phi) is 5.91. The average Bonchev–Trinajstić information content (AvgIpc) is 3.56. The molecule has 0 spiro atoms. The number of rotatable bonds is 4. The number of aryl methyl sites for hydroxylation is 1. The predicted octanol–water partition coefficient (Wildman–Crippen LogP) is 5.93. The van der Waals surface area contributed by atoms with Crippen LogP contribution in [0.5, 0.6) is 0 Å². The molecule has 5 aromatic rings. The monoisotopic (exact) mass is 564 g/mol. The van der Waals surface area contributed by atoms with Crippen LogP contribution in [0.2, 0.25) is 5.02 Å². The summed E-state index contributed by atoms with van der Waals surface area (Å²) in [6.45, 7) is 0. The van der Waals surface area contributed by atoms with Gasteiger partial charge < -0.3 is 9.52 Å². The lowest BCUT2D eigenvalue weighted by Gasteiger charge is -2.31. The molecule has 3 aromatic carbocycles. The van der Waals surface area contributed by atoms with Crippen molar-refractivity contribution >= 4 is 40.7 Å². The number of furan rings is 1. The smallest absolute Gasteiger partial charge is 0.336 e. The Labute approximate surface area is 237 Å². The number of carbonyl (C=O) groups is 1. The molecule has 1 atom stereocenters. The second-order valence-corrected chi connectivity index (χ2v) is 11.1. The molecule has 7 rings (SSSR count). The highest BCUT2D eigenvalue weighted by molar-refractivity contribution is 7.07. The van der Waals surface area contributed by atoms with Gasteiger partial charge in [-0.15, -0.1) is 0 Å². The van der Waals surface area contributed by atoms with Gasteiger partial charge in [-0.3, -0.25) is 9.36 Å². The molecule has 1 aliphatic carbocycles. The molecule has 3 heterocycles. The molecule has 2 aliphatic rings. The third kappa shape index (κ3) is 3.97. The number of aromatic carboxylic acids is 1. The van der Waals surface area contributed by atoms with Crippen molar-refractivity contribution < 1.29 is 14.3 Å². The summed E-state index contributed by atoms with van der Waals surface area (Å²) in [7, 11) is 0. The van der Waals surface area contributed by atoms with Crippen LogP contribution in [0.4, 0.5) is 0 Å². The highest BCUT2D eigenvalue weighted by atomic mass is 35.5. The molecule has 0 saturated heterocycles. The molecule has 196 valence electrons. The first kappa shape index (κ1) is 24.6. The summed E-state index contributed by atoms with van der Waals surface area (Å²) in [5, 5.41) is 10.2. The van der Waals surface area contributed by atoms with Gasteiger partial charge in [0.05, 0.1) is 21.8 Å². The fraction of sp³-hybridized carbons (Fsp3) is 0.0938. The first-order chi connectivity index (χ1) is 19.5. The van der Waals surface area contributed by atoms with E-state index in [0.717, 1.165) is 35.2 Å². The topological polar surface area (TPSA) is 84.8 Å². The van der Waals surface area contributed by atoms with Gasteiger partial charge in [0.1, 0.15) is 11.5 Å². The molecule has 0 amide bonds. The van der Waals surface area contributed by atoms with E-state index in [2.05, 4.69) is 12.1 Å². The van der Waals surface area contributed by atoms with Crippen LogP contribution in [0, 0.1) is 0 Å². The van der Waals surface area contributed by atoms with Gasteiger partial charge in [-0.2, -0.15) is 0 Å². The maximum Gasteiger partial charge on any atom is 0.336 e. The average molecular weight is 565 g/mol. The number of fused-ring (bicyclic) bond motifs is 3. The van der Waals surface area contributed by atoms with Crippen molar-refractivity contribution in [2.75, 3.05) is 0 Å². The predicted molar refractivity (Wildman–Crippen MR) is 155 cm³/mol. The second-order valence-electron chi connectivity index (χ2n) is 9.69. The number of carboxylic acid groups (broad SMARTS) is 1. The lowest BCUT2D eigenvalue weighted by atomic mass is 9.83. The van der Waals surface area contributed by atoms with Crippen molar-refractivity contribution in [3.8, 4) is 11.3 Å². The van der Waals surface area contributed by atoms with Crippen LogP contribution in [0.25, 0.3) is 23.1 Å². The fourth-order valence-electron chi connectivity index (χ4n) is 5.58. The lowest BCUT2D eigenvalue weighted by molar-refractivity contribution is 0.0697. The molecule has 1 unspecified atom stereocenters. The van der Waals surface area contributed by atoms with Gasteiger partial charge in [0, 0.05) is 22.2 Å². The SMILES string of the molecule is O=C(O)c1ccccc1-c1ccc(C=c2sc3n(c2=O)C(c2ccccc2Cl)C2=C(N=3)c3ccccc3CC2)o1. The molecule has 1 aliphatic heterocycles. The number of hydrogen-bond donors (Lipinski definition) is 1. The van der Waals surface area contributed by atoms with Crippen molar-refractivity contribution in [1.29, 1.82) is 0 Å². The highest BCUT2D eigenvalue weighted by Gasteiger charge is 2.33. The number of nitrogens with zero attached hydrogens (tertiary/aromatic N) is 2. The van der Waals surface area contributed by atoms with Gasteiger partial charge in [0.15, 0.2) is 4.80 Å². The Morgan fingerprint density at radius 2 is 1.73 bits per heavy atom. The molecule has 1 N–H and O–H groups in total. The zero-order valence-electron chi connectivity index (χ0n) is 21.0. The highest BCUT2D eigenvalue weighted by Crippen LogP contribution is 2.42. The quantitative estimate of drug-likeness (QED) is 0.293. The standard InChI is InChI=1S/C32H21ClN2O4S/c33-25-12-6-5-11-23(25)29-24-15-13-18-7-1-2-8-20(18)28(24)34-32-35(29)30(36)27(40-32)17-19-14-16-26(39-19)21-9-3-4-10-22(21)31(37)38/h1-12,14,16-17,29H,13,15H2,(H,37,38). The maximum atomic E-state index is 14.0. The van der Waals surface area contributed by atoms with Gasteiger partial charge >= 0.3 is 5.97 Å². The van der Waals surface area contributed by atoms with Crippen LogP contribution in [0.3, 0.4) is 0 Å². The number of benzene rings is 3. The first-order valence-electron chi connectivity index (χ1n) is 12.8. The van der Waals surface area contributed by atoms with Crippen LogP contribution in [-0.4, -0.2) is 15.6 Å². The van der Waals surface area contributed by atoms with E-state index in [1.54, 1.807) is 41.0 Å². The summed E-state index contributed by atoms with van der Waals surface area (Å²) < 4.78 is 8.21. The molecule has 8 heteroatoms. The number of halogens is 1. The molecular weight excluding hydrogens is 544 g/mol. The molecule has 0 fully saturated rings. The van der Waals surface area contributed by atoms with Crippen molar-refractivity contribution in [1.82, 2.24) is 4.57 Å². The number of aromatic nitrogens is 1. The number of allylic oxidation sites excluding steroid dienone is 1.